The molecule has 2 aromatic carbocycles. The highest BCUT2D eigenvalue weighted by molar-refractivity contribution is 6.07. The molecule has 0 saturated carbocycles. The van der Waals surface area contributed by atoms with Crippen LogP contribution in [-0.4, -0.2) is 90.9 Å². The minimum Gasteiger partial charge on any atom is -0.494 e. The molecule has 1 unspecified atom stereocenters. The summed E-state index contributed by atoms with van der Waals surface area (Å²) in [6.45, 7) is 12.7. The van der Waals surface area contributed by atoms with Gasteiger partial charge in [0.05, 0.1) is 37.2 Å². The first-order chi connectivity index (χ1) is 23.2. The fourth-order valence-corrected chi connectivity index (χ4v) is 8.03. The second-order valence-electron chi connectivity index (χ2n) is 13.1. The Morgan fingerprint density at radius 1 is 0.896 bits per heavy atom. The lowest BCUT2D eigenvalue weighted by Crippen LogP contribution is -2.59. The molecule has 256 valence electrons. The number of ether oxygens (including phenoxy) is 2. The second kappa shape index (κ2) is 13.8. The molecule has 10 heteroatoms. The molecule has 7 atom stereocenters. The molecule has 4 heterocycles. The number of anilines is 3. The average molecular weight is 657 g/mol. The van der Waals surface area contributed by atoms with E-state index >= 15 is 0 Å². The predicted molar refractivity (Wildman–Crippen MR) is 186 cm³/mol. The lowest BCUT2D eigenvalue weighted by atomic mass is 9.77. The van der Waals surface area contributed by atoms with Crippen LogP contribution in [0, 0.1) is 17.8 Å². The highest BCUT2D eigenvalue weighted by Gasteiger charge is 2.72. The van der Waals surface area contributed by atoms with Crippen molar-refractivity contribution in [2.75, 3.05) is 54.1 Å². The highest BCUT2D eigenvalue weighted by atomic mass is 16.5. The van der Waals surface area contributed by atoms with Gasteiger partial charge in [0.25, 0.3) is 5.91 Å². The minimum absolute atomic E-state index is 0.0995. The van der Waals surface area contributed by atoms with Crippen molar-refractivity contribution < 1.29 is 29.0 Å². The van der Waals surface area contributed by atoms with Gasteiger partial charge in [-0.2, -0.15) is 0 Å². The van der Waals surface area contributed by atoms with E-state index in [2.05, 4.69) is 18.7 Å². The van der Waals surface area contributed by atoms with Crippen LogP contribution in [0.3, 0.4) is 0 Å². The molecule has 4 aliphatic rings. The van der Waals surface area contributed by atoms with Crippen LogP contribution in [0.4, 0.5) is 17.1 Å². The Morgan fingerprint density at radius 2 is 1.52 bits per heavy atom. The van der Waals surface area contributed by atoms with Gasteiger partial charge < -0.3 is 34.2 Å². The van der Waals surface area contributed by atoms with Crippen LogP contribution >= 0.6 is 0 Å². The van der Waals surface area contributed by atoms with Gasteiger partial charge in [-0.05, 0) is 75.2 Å². The molecule has 2 fully saturated rings. The number of amides is 3. The third kappa shape index (κ3) is 5.48. The molecule has 3 amide bonds. The molecule has 0 bridgehead atoms. The molecule has 1 N–H and O–H groups in total. The van der Waals surface area contributed by atoms with Crippen LogP contribution in [0.15, 0.2) is 72.8 Å². The van der Waals surface area contributed by atoms with E-state index in [0.29, 0.717) is 36.7 Å². The summed E-state index contributed by atoms with van der Waals surface area (Å²) in [5, 5.41) is 10.7. The number of aliphatic hydroxyl groups is 1. The van der Waals surface area contributed by atoms with Gasteiger partial charge in [-0.3, -0.25) is 14.4 Å². The number of aliphatic hydroxyl groups excluding tert-OH is 1. The number of rotatable bonds is 11. The van der Waals surface area contributed by atoms with E-state index < -0.39 is 35.6 Å². The van der Waals surface area contributed by atoms with Crippen LogP contribution in [0.5, 0.6) is 5.75 Å². The van der Waals surface area contributed by atoms with Gasteiger partial charge in [0.1, 0.15) is 17.4 Å². The van der Waals surface area contributed by atoms with Crippen LogP contribution in [0.1, 0.15) is 41.0 Å². The zero-order valence-electron chi connectivity index (χ0n) is 28.6. The highest BCUT2D eigenvalue weighted by Crippen LogP contribution is 2.54. The molecule has 2 aromatic rings. The van der Waals surface area contributed by atoms with E-state index in [1.54, 1.807) is 14.7 Å². The van der Waals surface area contributed by atoms with Crippen molar-refractivity contribution in [2.45, 2.75) is 64.8 Å². The fraction of sp³-hybridized carbons (Fsp3) is 0.500. The summed E-state index contributed by atoms with van der Waals surface area (Å²) in [7, 11) is 0. The van der Waals surface area contributed by atoms with Crippen molar-refractivity contribution in [2.24, 2.45) is 17.8 Å². The van der Waals surface area contributed by atoms with Gasteiger partial charge in [0.2, 0.25) is 11.8 Å². The van der Waals surface area contributed by atoms with Crippen molar-refractivity contribution in [3.8, 4) is 5.75 Å². The molecule has 4 aliphatic heterocycles. The Labute approximate surface area is 283 Å². The topological polar surface area (TPSA) is 103 Å². The summed E-state index contributed by atoms with van der Waals surface area (Å²) >= 11 is 0. The Bertz CT molecular complexity index is 1550. The van der Waals surface area contributed by atoms with Crippen LogP contribution in [0.25, 0.3) is 0 Å². The zero-order valence-corrected chi connectivity index (χ0v) is 28.6. The number of hydrogen-bond donors (Lipinski definition) is 1. The Balaban J connectivity index is 1.41. The fourth-order valence-electron chi connectivity index (χ4n) is 8.03. The largest absolute Gasteiger partial charge is 0.494 e. The second-order valence-corrected chi connectivity index (χ2v) is 13.1. The maximum absolute atomic E-state index is 14.9. The summed E-state index contributed by atoms with van der Waals surface area (Å²) in [5.74, 6) is -2.05. The summed E-state index contributed by atoms with van der Waals surface area (Å²) in [6, 6.07) is 13.6. The average Bonchev–Trinajstić information content (AvgIpc) is 3.41. The number of benzene rings is 2. The lowest BCUT2D eigenvalue weighted by Gasteiger charge is -2.40. The monoisotopic (exact) mass is 656 g/mol. The summed E-state index contributed by atoms with van der Waals surface area (Å²) in [5.41, 5.74) is 1.08. The van der Waals surface area contributed by atoms with Gasteiger partial charge in [-0.1, -0.05) is 44.6 Å². The first-order valence-corrected chi connectivity index (χ1v) is 17.4. The first-order valence-electron chi connectivity index (χ1n) is 17.4. The Kier molecular flexibility index (Phi) is 9.67. The van der Waals surface area contributed by atoms with Gasteiger partial charge in [0, 0.05) is 43.2 Å². The quantitative estimate of drug-likeness (QED) is 0.357. The van der Waals surface area contributed by atoms with Gasteiger partial charge in [-0.15, -0.1) is 0 Å². The summed E-state index contributed by atoms with van der Waals surface area (Å²) in [6.07, 6.45) is 7.50. The maximum Gasteiger partial charge on any atom is 0.253 e. The number of hydrogen-bond acceptors (Lipinski definition) is 7. The predicted octanol–water partition coefficient (Wildman–Crippen LogP) is 4.43. The molecule has 2 saturated heterocycles. The van der Waals surface area contributed by atoms with E-state index in [0.717, 1.165) is 18.8 Å². The van der Waals surface area contributed by atoms with Crippen molar-refractivity contribution in [3.63, 3.8) is 0 Å². The Morgan fingerprint density at radius 3 is 2.12 bits per heavy atom. The van der Waals surface area contributed by atoms with E-state index in [-0.39, 0.29) is 36.8 Å². The molecule has 0 radical (unpaired) electrons. The molecule has 0 aromatic heterocycles. The van der Waals surface area contributed by atoms with Crippen molar-refractivity contribution in [1.29, 1.82) is 0 Å². The normalized spacial score (nSPS) is 27.7. The number of fused-ring (bicyclic) bond motifs is 2. The Hall–Kier alpha value is -4.15. The van der Waals surface area contributed by atoms with E-state index in [1.165, 1.54) is 0 Å². The van der Waals surface area contributed by atoms with Crippen molar-refractivity contribution in [3.05, 3.63) is 72.8 Å². The van der Waals surface area contributed by atoms with Crippen LogP contribution < -0.4 is 19.4 Å². The molecule has 6 rings (SSSR count). The van der Waals surface area contributed by atoms with E-state index in [4.69, 9.17) is 9.47 Å². The molecule has 10 nitrogen and oxygen atoms in total. The maximum atomic E-state index is 14.9. The number of carbonyl (C=O) groups is 3. The number of carbonyl (C=O) groups excluding carboxylic acids is 3. The number of likely N-dealkylation sites (tertiary alicyclic amines) is 1. The molecular weight excluding hydrogens is 608 g/mol. The SMILES string of the molecule is CCOc1ccc(N2CC=C[C@@H]3O[C@]45C=CCN(c6ccc(N(CC)CC)cc6)C(=O)C4N([C@@H](CO)[C@@H](C)CC)C(=O)[C@@H]5[C@@H]3C2=O)cc1. The van der Waals surface area contributed by atoms with E-state index in [1.807, 2.05) is 93.6 Å². The molecule has 1 spiro atoms. The smallest absolute Gasteiger partial charge is 0.253 e. The van der Waals surface area contributed by atoms with Gasteiger partial charge >= 0.3 is 0 Å². The van der Waals surface area contributed by atoms with Crippen LogP contribution in [0.2, 0.25) is 0 Å². The van der Waals surface area contributed by atoms with Crippen molar-refractivity contribution in [1.82, 2.24) is 4.90 Å². The molecule has 48 heavy (non-hydrogen) atoms. The zero-order chi connectivity index (χ0) is 34.2. The first kappa shape index (κ1) is 33.7. The van der Waals surface area contributed by atoms with Gasteiger partial charge in [-0.25, -0.2) is 0 Å². The summed E-state index contributed by atoms with van der Waals surface area (Å²) < 4.78 is 12.5. The van der Waals surface area contributed by atoms with Crippen molar-refractivity contribution >= 4 is 34.8 Å². The lowest BCUT2D eigenvalue weighted by molar-refractivity contribution is -0.145. The van der Waals surface area contributed by atoms with Gasteiger partial charge in [0.15, 0.2) is 0 Å². The number of nitrogens with zero attached hydrogens (tertiary/aromatic N) is 4. The van der Waals surface area contributed by atoms with E-state index in [9.17, 15) is 19.5 Å². The minimum atomic E-state index is -1.39. The third-order valence-electron chi connectivity index (χ3n) is 10.7. The molecule has 0 aliphatic carbocycles. The summed E-state index contributed by atoms with van der Waals surface area (Å²) in [4.78, 5) is 51.5. The molecular formula is C38H48N4O6. The third-order valence-corrected chi connectivity index (χ3v) is 10.7. The standard InChI is InChI=1S/C38H48N4O6/c1-6-25(5)30(24-43)42-34-37(46)41(27-15-13-26(14-16-27)39(7-2)8-3)23-11-21-38(34)33(36(42)45)32-31(48-38)12-10-22-40(35(32)44)28-17-19-29(20-18-28)47-9-4/h10-21,25,30-34,43H,6-9,22-24H2,1-5H3/t25-,30-,31-,32+,33-,34?,38-/m0/s1. The van der Waals surface area contributed by atoms with Crippen LogP contribution in [-0.2, 0) is 19.1 Å².